The maximum atomic E-state index is 12.2. The predicted octanol–water partition coefficient (Wildman–Crippen LogP) is 1.86. The highest BCUT2D eigenvalue weighted by atomic mass is 79.9. The molecule has 5 heteroatoms. The van der Waals surface area contributed by atoms with E-state index in [0.717, 1.165) is 13.1 Å². The molecule has 0 aliphatic carbocycles. The maximum Gasteiger partial charge on any atom is 0.258 e. The van der Waals surface area contributed by atoms with Crippen molar-refractivity contribution in [2.24, 2.45) is 0 Å². The Kier molecular flexibility index (Phi) is 3.35. The van der Waals surface area contributed by atoms with Crippen LogP contribution in [0.2, 0.25) is 0 Å². The molecule has 0 spiro atoms. The number of hydrogen-bond donors (Lipinski definition) is 1. The summed E-state index contributed by atoms with van der Waals surface area (Å²) >= 11 is 3.24. The van der Waals surface area contributed by atoms with E-state index in [4.69, 9.17) is 4.42 Å². The molecule has 4 nitrogen and oxygen atoms in total. The molecule has 1 aliphatic heterocycles. The van der Waals surface area contributed by atoms with Crippen molar-refractivity contribution in [3.8, 4) is 0 Å². The fourth-order valence-corrected chi connectivity index (χ4v) is 2.32. The van der Waals surface area contributed by atoms with Crippen molar-refractivity contribution >= 4 is 21.8 Å². The summed E-state index contributed by atoms with van der Waals surface area (Å²) in [6.45, 7) is 5.70. The zero-order valence-electron chi connectivity index (χ0n) is 9.37. The summed E-state index contributed by atoms with van der Waals surface area (Å²) in [5.74, 6) is 0.0291. The number of piperazine rings is 1. The average molecular weight is 287 g/mol. The first-order chi connectivity index (χ1) is 7.59. The van der Waals surface area contributed by atoms with Gasteiger partial charge in [0, 0.05) is 25.2 Å². The predicted molar refractivity (Wildman–Crippen MR) is 64.4 cm³/mol. The highest BCUT2D eigenvalue weighted by Gasteiger charge is 2.28. The van der Waals surface area contributed by atoms with Gasteiger partial charge in [0.2, 0.25) is 0 Å². The third-order valence-electron chi connectivity index (χ3n) is 2.87. The fraction of sp³-hybridized carbons (Fsp3) is 0.545. The first-order valence-corrected chi connectivity index (χ1v) is 6.16. The van der Waals surface area contributed by atoms with Gasteiger partial charge >= 0.3 is 0 Å². The van der Waals surface area contributed by atoms with Crippen molar-refractivity contribution in [3.63, 3.8) is 0 Å². The summed E-state index contributed by atoms with van der Waals surface area (Å²) in [6, 6.07) is 2.25. The van der Waals surface area contributed by atoms with E-state index in [9.17, 15) is 4.79 Å². The molecule has 1 fully saturated rings. The molecule has 1 saturated heterocycles. The number of nitrogens with one attached hydrogen (secondary N) is 1. The van der Waals surface area contributed by atoms with Crippen LogP contribution in [0.25, 0.3) is 0 Å². The summed E-state index contributed by atoms with van der Waals surface area (Å²) in [4.78, 5) is 14.1. The van der Waals surface area contributed by atoms with E-state index in [-0.39, 0.29) is 11.9 Å². The van der Waals surface area contributed by atoms with Gasteiger partial charge in [0.25, 0.3) is 5.91 Å². The number of halogens is 1. The molecule has 1 aromatic rings. The van der Waals surface area contributed by atoms with Gasteiger partial charge in [-0.25, -0.2) is 0 Å². The first-order valence-electron chi connectivity index (χ1n) is 5.37. The molecule has 2 unspecified atom stereocenters. The average Bonchev–Trinajstić information content (AvgIpc) is 2.67. The lowest BCUT2D eigenvalue weighted by Crippen LogP contribution is -2.56. The summed E-state index contributed by atoms with van der Waals surface area (Å²) in [5.41, 5.74) is 0.598. The van der Waals surface area contributed by atoms with Crippen LogP contribution >= 0.6 is 15.9 Å². The molecule has 0 radical (unpaired) electrons. The standard InChI is InChI=1S/C11H15BrN2O2/c1-7-6-14(8(2)5-13-7)11(15)9-3-4-16-10(9)12/h3-4,7-8,13H,5-6H2,1-2H3. The Bertz CT molecular complexity index is 391. The minimum atomic E-state index is 0.0291. The molecule has 16 heavy (non-hydrogen) atoms. The number of nitrogens with zero attached hydrogens (tertiary/aromatic N) is 1. The maximum absolute atomic E-state index is 12.2. The second-order valence-electron chi connectivity index (χ2n) is 4.22. The fourth-order valence-electron chi connectivity index (χ4n) is 1.91. The van der Waals surface area contributed by atoms with Crippen molar-refractivity contribution in [1.29, 1.82) is 0 Å². The minimum Gasteiger partial charge on any atom is -0.457 e. The van der Waals surface area contributed by atoms with E-state index in [0.29, 0.717) is 16.3 Å². The smallest absolute Gasteiger partial charge is 0.258 e. The van der Waals surface area contributed by atoms with Crippen LogP contribution in [-0.2, 0) is 0 Å². The Hall–Kier alpha value is -0.810. The number of hydrogen-bond acceptors (Lipinski definition) is 3. The van der Waals surface area contributed by atoms with Gasteiger partial charge in [0.1, 0.15) is 0 Å². The Morgan fingerprint density at radius 1 is 1.62 bits per heavy atom. The van der Waals surface area contributed by atoms with Gasteiger partial charge in [0.05, 0.1) is 11.8 Å². The molecular weight excluding hydrogens is 272 g/mol. The van der Waals surface area contributed by atoms with Gasteiger partial charge in [0.15, 0.2) is 4.67 Å². The summed E-state index contributed by atoms with van der Waals surface area (Å²) in [6.07, 6.45) is 1.52. The quantitative estimate of drug-likeness (QED) is 0.857. The second kappa shape index (κ2) is 4.59. The summed E-state index contributed by atoms with van der Waals surface area (Å²) in [5, 5.41) is 3.35. The Labute approximate surface area is 103 Å². The SMILES string of the molecule is CC1CN(C(=O)c2ccoc2Br)C(C)CN1. The Balaban J connectivity index is 2.18. The van der Waals surface area contributed by atoms with E-state index in [1.165, 1.54) is 6.26 Å². The zero-order valence-corrected chi connectivity index (χ0v) is 11.0. The summed E-state index contributed by atoms with van der Waals surface area (Å²) < 4.78 is 5.60. The van der Waals surface area contributed by atoms with Crippen molar-refractivity contribution < 1.29 is 9.21 Å². The minimum absolute atomic E-state index is 0.0291. The lowest BCUT2D eigenvalue weighted by molar-refractivity contribution is 0.0614. The Morgan fingerprint density at radius 3 is 3.00 bits per heavy atom. The van der Waals surface area contributed by atoms with Crippen LogP contribution in [-0.4, -0.2) is 36.0 Å². The van der Waals surface area contributed by atoms with Gasteiger partial charge in [-0.05, 0) is 35.8 Å². The molecule has 2 heterocycles. The van der Waals surface area contributed by atoms with Crippen molar-refractivity contribution in [1.82, 2.24) is 10.2 Å². The molecular formula is C11H15BrN2O2. The molecule has 0 bridgehead atoms. The molecule has 1 aromatic heterocycles. The van der Waals surface area contributed by atoms with Crippen LogP contribution in [0.1, 0.15) is 24.2 Å². The molecule has 1 aliphatic rings. The number of furan rings is 1. The van der Waals surface area contributed by atoms with Crippen LogP contribution < -0.4 is 5.32 Å². The molecule has 0 aromatic carbocycles. The van der Waals surface area contributed by atoms with Gasteiger partial charge in [-0.3, -0.25) is 4.79 Å². The topological polar surface area (TPSA) is 45.5 Å². The van der Waals surface area contributed by atoms with E-state index in [1.807, 2.05) is 11.8 Å². The van der Waals surface area contributed by atoms with Gasteiger partial charge in [-0.1, -0.05) is 0 Å². The highest BCUT2D eigenvalue weighted by molar-refractivity contribution is 9.10. The van der Waals surface area contributed by atoms with E-state index < -0.39 is 0 Å². The zero-order chi connectivity index (χ0) is 11.7. The van der Waals surface area contributed by atoms with Crippen molar-refractivity contribution in [3.05, 3.63) is 22.6 Å². The molecule has 88 valence electrons. The van der Waals surface area contributed by atoms with Crippen LogP contribution in [0.3, 0.4) is 0 Å². The second-order valence-corrected chi connectivity index (χ2v) is 4.94. The van der Waals surface area contributed by atoms with Crippen LogP contribution in [0.4, 0.5) is 0 Å². The Morgan fingerprint density at radius 2 is 2.38 bits per heavy atom. The molecule has 2 atom stereocenters. The van der Waals surface area contributed by atoms with Crippen molar-refractivity contribution in [2.75, 3.05) is 13.1 Å². The van der Waals surface area contributed by atoms with Gasteiger partial charge < -0.3 is 14.6 Å². The number of amides is 1. The van der Waals surface area contributed by atoms with Crippen LogP contribution in [0, 0.1) is 0 Å². The van der Waals surface area contributed by atoms with E-state index in [2.05, 4.69) is 28.2 Å². The molecule has 2 rings (SSSR count). The molecule has 0 saturated carbocycles. The highest BCUT2D eigenvalue weighted by Crippen LogP contribution is 2.21. The largest absolute Gasteiger partial charge is 0.457 e. The van der Waals surface area contributed by atoms with Gasteiger partial charge in [-0.2, -0.15) is 0 Å². The molecule has 1 amide bonds. The van der Waals surface area contributed by atoms with E-state index >= 15 is 0 Å². The van der Waals surface area contributed by atoms with Gasteiger partial charge in [-0.15, -0.1) is 0 Å². The molecule has 1 N–H and O–H groups in total. The monoisotopic (exact) mass is 286 g/mol. The first kappa shape index (κ1) is 11.7. The normalized spacial score (nSPS) is 25.8. The number of carbonyl (C=O) groups excluding carboxylic acids is 1. The number of rotatable bonds is 1. The lowest BCUT2D eigenvalue weighted by atomic mass is 10.1. The summed E-state index contributed by atoms with van der Waals surface area (Å²) in [7, 11) is 0. The lowest BCUT2D eigenvalue weighted by Gasteiger charge is -2.37. The third kappa shape index (κ3) is 2.15. The van der Waals surface area contributed by atoms with Crippen molar-refractivity contribution in [2.45, 2.75) is 25.9 Å². The van der Waals surface area contributed by atoms with Crippen LogP contribution in [0.5, 0.6) is 0 Å². The van der Waals surface area contributed by atoms with E-state index in [1.54, 1.807) is 6.07 Å². The number of carbonyl (C=O) groups is 1. The third-order valence-corrected chi connectivity index (χ3v) is 3.49. The van der Waals surface area contributed by atoms with Crippen LogP contribution in [0.15, 0.2) is 21.4 Å².